The average Bonchev–Trinajstić information content (AvgIpc) is 2.58. The van der Waals surface area contributed by atoms with Gasteiger partial charge in [0, 0.05) is 0 Å². The van der Waals surface area contributed by atoms with Crippen molar-refractivity contribution in [2.75, 3.05) is 0 Å². The SMILES string of the molecule is CCCCCCC(C)(C)c1ccc([C@H]2CC(O)C3CC2C3(C)C)cc1. The third kappa shape index (κ3) is 3.54. The summed E-state index contributed by atoms with van der Waals surface area (Å²) in [6.45, 7) is 11.8. The minimum absolute atomic E-state index is 0.111. The monoisotopic (exact) mass is 342 g/mol. The lowest BCUT2D eigenvalue weighted by molar-refractivity contribution is -0.152. The first-order chi connectivity index (χ1) is 11.8. The highest BCUT2D eigenvalue weighted by atomic mass is 16.3. The number of fused-ring (bicyclic) bond motifs is 2. The molecule has 0 heterocycles. The van der Waals surface area contributed by atoms with Gasteiger partial charge in [-0.1, -0.05) is 84.6 Å². The highest BCUT2D eigenvalue weighted by molar-refractivity contribution is 5.32. The summed E-state index contributed by atoms with van der Waals surface area (Å²) in [6, 6.07) is 9.43. The van der Waals surface area contributed by atoms with E-state index in [0.717, 1.165) is 12.3 Å². The molecule has 0 spiro atoms. The number of unbranched alkanes of at least 4 members (excludes halogenated alkanes) is 3. The van der Waals surface area contributed by atoms with Gasteiger partial charge in [0.05, 0.1) is 6.10 Å². The second kappa shape index (κ2) is 7.06. The molecule has 0 aliphatic heterocycles. The Morgan fingerprint density at radius 1 is 1.00 bits per heavy atom. The smallest absolute Gasteiger partial charge is 0.0579 e. The fourth-order valence-electron chi connectivity index (χ4n) is 5.61. The molecule has 3 aliphatic carbocycles. The molecule has 3 saturated carbocycles. The van der Waals surface area contributed by atoms with Crippen molar-refractivity contribution in [1.82, 2.24) is 0 Å². The van der Waals surface area contributed by atoms with E-state index in [1.165, 1.54) is 49.7 Å². The first-order valence-corrected chi connectivity index (χ1v) is 10.6. The third-order valence-electron chi connectivity index (χ3n) is 7.64. The summed E-state index contributed by atoms with van der Waals surface area (Å²) >= 11 is 0. The van der Waals surface area contributed by atoms with Crippen LogP contribution in [0.1, 0.15) is 96.6 Å². The molecule has 0 aromatic heterocycles. The lowest BCUT2D eigenvalue weighted by atomic mass is 9.44. The zero-order valence-corrected chi connectivity index (χ0v) is 17.0. The molecule has 2 bridgehead atoms. The van der Waals surface area contributed by atoms with Crippen LogP contribution < -0.4 is 0 Å². The Bertz CT molecular complexity index is 568. The molecule has 1 heteroatoms. The van der Waals surface area contributed by atoms with Gasteiger partial charge in [0.1, 0.15) is 0 Å². The van der Waals surface area contributed by atoms with Crippen molar-refractivity contribution in [3.8, 4) is 0 Å². The van der Waals surface area contributed by atoms with Crippen molar-refractivity contribution in [3.05, 3.63) is 35.4 Å². The van der Waals surface area contributed by atoms with Crippen LogP contribution in [0.15, 0.2) is 24.3 Å². The van der Waals surface area contributed by atoms with Crippen LogP contribution in [-0.4, -0.2) is 11.2 Å². The molecule has 1 aromatic carbocycles. The standard InChI is InChI=1S/C24H38O/c1-6-7-8-9-14-23(2,3)18-12-10-17(11-13-18)19-15-22(25)21-16-20(19)24(21,4)5/h10-13,19-22,25H,6-9,14-16H2,1-5H3/t19-,20?,21?,22?/m1/s1. The van der Waals surface area contributed by atoms with Crippen molar-refractivity contribution in [2.45, 2.75) is 97.0 Å². The topological polar surface area (TPSA) is 20.2 Å². The maximum absolute atomic E-state index is 10.5. The molecule has 3 aliphatic rings. The molecule has 25 heavy (non-hydrogen) atoms. The van der Waals surface area contributed by atoms with Gasteiger partial charge in [-0.25, -0.2) is 0 Å². The van der Waals surface area contributed by atoms with Crippen LogP contribution in [-0.2, 0) is 5.41 Å². The molecule has 4 atom stereocenters. The van der Waals surface area contributed by atoms with Crippen LogP contribution >= 0.6 is 0 Å². The van der Waals surface area contributed by atoms with Gasteiger partial charge in [-0.3, -0.25) is 0 Å². The summed E-state index contributed by atoms with van der Waals surface area (Å²) in [6.07, 6.45) is 8.68. The van der Waals surface area contributed by atoms with Crippen LogP contribution in [0.4, 0.5) is 0 Å². The zero-order valence-electron chi connectivity index (χ0n) is 17.0. The van der Waals surface area contributed by atoms with Gasteiger partial charge in [-0.15, -0.1) is 0 Å². The Morgan fingerprint density at radius 3 is 2.24 bits per heavy atom. The van der Waals surface area contributed by atoms with E-state index in [4.69, 9.17) is 0 Å². The van der Waals surface area contributed by atoms with Gasteiger partial charge in [-0.2, -0.15) is 0 Å². The summed E-state index contributed by atoms with van der Waals surface area (Å²) in [5.74, 6) is 1.81. The first-order valence-electron chi connectivity index (χ1n) is 10.6. The Morgan fingerprint density at radius 2 is 1.68 bits per heavy atom. The van der Waals surface area contributed by atoms with Crippen LogP contribution in [0.2, 0.25) is 0 Å². The van der Waals surface area contributed by atoms with Gasteiger partial charge < -0.3 is 5.11 Å². The predicted octanol–water partition coefficient (Wildman–Crippen LogP) is 6.45. The maximum Gasteiger partial charge on any atom is 0.0579 e. The third-order valence-corrected chi connectivity index (χ3v) is 7.64. The zero-order chi connectivity index (χ0) is 18.2. The molecule has 0 saturated heterocycles. The van der Waals surface area contributed by atoms with E-state index < -0.39 is 0 Å². The summed E-state index contributed by atoms with van der Waals surface area (Å²) in [5.41, 5.74) is 3.48. The highest BCUT2D eigenvalue weighted by Gasteiger charge is 2.58. The Labute approximate surface area is 155 Å². The molecule has 4 rings (SSSR count). The molecular weight excluding hydrogens is 304 g/mol. The fraction of sp³-hybridized carbons (Fsp3) is 0.750. The van der Waals surface area contributed by atoms with E-state index in [1.54, 1.807) is 0 Å². The molecular formula is C24H38O. The summed E-state index contributed by atoms with van der Waals surface area (Å²) < 4.78 is 0. The number of aliphatic hydroxyl groups excluding tert-OH is 1. The van der Waals surface area contributed by atoms with Gasteiger partial charge in [0.15, 0.2) is 0 Å². The second-order valence-electron chi connectivity index (χ2n) is 10.00. The predicted molar refractivity (Wildman–Crippen MR) is 107 cm³/mol. The number of benzene rings is 1. The highest BCUT2D eigenvalue weighted by Crippen LogP contribution is 2.63. The molecule has 1 aromatic rings. The minimum atomic E-state index is -0.111. The molecule has 3 fully saturated rings. The van der Waals surface area contributed by atoms with Crippen LogP contribution in [0.3, 0.4) is 0 Å². The molecule has 3 unspecified atom stereocenters. The van der Waals surface area contributed by atoms with Gasteiger partial charge in [0.2, 0.25) is 0 Å². The maximum atomic E-state index is 10.5. The second-order valence-corrected chi connectivity index (χ2v) is 10.00. The van der Waals surface area contributed by atoms with Crippen LogP contribution in [0.5, 0.6) is 0 Å². The lowest BCUT2D eigenvalue weighted by Gasteiger charge is -2.62. The van der Waals surface area contributed by atoms with Crippen molar-refractivity contribution in [2.24, 2.45) is 17.3 Å². The van der Waals surface area contributed by atoms with Crippen molar-refractivity contribution in [1.29, 1.82) is 0 Å². The molecule has 0 radical (unpaired) electrons. The molecule has 1 nitrogen and oxygen atoms in total. The molecule has 0 amide bonds. The summed E-state index contributed by atoms with van der Waals surface area (Å²) in [4.78, 5) is 0. The molecule has 140 valence electrons. The number of aliphatic hydroxyl groups is 1. The Kier molecular flexibility index (Phi) is 5.36. The van der Waals surface area contributed by atoms with E-state index >= 15 is 0 Å². The Hall–Kier alpha value is -0.820. The minimum Gasteiger partial charge on any atom is -0.393 e. The van der Waals surface area contributed by atoms with Gasteiger partial charge in [-0.05, 0) is 59.0 Å². The summed E-state index contributed by atoms with van der Waals surface area (Å²) in [7, 11) is 0. The van der Waals surface area contributed by atoms with Gasteiger partial charge in [0.25, 0.3) is 0 Å². The van der Waals surface area contributed by atoms with E-state index in [1.807, 2.05) is 0 Å². The molecule has 1 N–H and O–H groups in total. The van der Waals surface area contributed by atoms with E-state index in [-0.39, 0.29) is 11.5 Å². The van der Waals surface area contributed by atoms with Crippen LogP contribution in [0.25, 0.3) is 0 Å². The quantitative estimate of drug-likeness (QED) is 0.565. The largest absolute Gasteiger partial charge is 0.393 e. The lowest BCUT2D eigenvalue weighted by Crippen LogP contribution is -2.57. The summed E-state index contributed by atoms with van der Waals surface area (Å²) in [5, 5.41) is 10.5. The number of hydrogen-bond acceptors (Lipinski definition) is 1. The first kappa shape index (κ1) is 19.0. The van der Waals surface area contributed by atoms with E-state index in [9.17, 15) is 5.11 Å². The fourth-order valence-corrected chi connectivity index (χ4v) is 5.61. The normalized spacial score (nSPS) is 30.8. The number of hydrogen-bond donors (Lipinski definition) is 1. The van der Waals surface area contributed by atoms with Crippen molar-refractivity contribution >= 4 is 0 Å². The van der Waals surface area contributed by atoms with E-state index in [2.05, 4.69) is 58.9 Å². The van der Waals surface area contributed by atoms with Gasteiger partial charge >= 0.3 is 0 Å². The Balaban J connectivity index is 1.68. The van der Waals surface area contributed by atoms with E-state index in [0.29, 0.717) is 17.3 Å². The van der Waals surface area contributed by atoms with Crippen LogP contribution in [0, 0.1) is 17.3 Å². The van der Waals surface area contributed by atoms with Crippen molar-refractivity contribution in [3.63, 3.8) is 0 Å². The van der Waals surface area contributed by atoms with Crippen molar-refractivity contribution < 1.29 is 5.11 Å². The average molecular weight is 343 g/mol. The number of rotatable bonds is 7.